The third-order valence-electron chi connectivity index (χ3n) is 4.21. The predicted molar refractivity (Wildman–Crippen MR) is 113 cm³/mol. The highest BCUT2D eigenvalue weighted by atomic mass is 79.9. The lowest BCUT2D eigenvalue weighted by molar-refractivity contribution is -0.152. The molecule has 0 heterocycles. The first-order chi connectivity index (χ1) is 14.1. The van der Waals surface area contributed by atoms with Crippen molar-refractivity contribution in [3.05, 3.63) is 62.0 Å². The number of aliphatic hydroxyl groups is 1. The summed E-state index contributed by atoms with van der Waals surface area (Å²) in [6, 6.07) is 5.71. The molecule has 162 valence electrons. The summed E-state index contributed by atoms with van der Waals surface area (Å²) < 4.78 is 32.8. The van der Waals surface area contributed by atoms with Crippen LogP contribution in [0.1, 0.15) is 31.4 Å². The van der Waals surface area contributed by atoms with Gasteiger partial charge in [0.15, 0.2) is 0 Å². The van der Waals surface area contributed by atoms with Crippen molar-refractivity contribution in [1.29, 1.82) is 0 Å². The fraction of sp³-hybridized carbons (Fsp3) is 0.300. The molecule has 0 aliphatic carbocycles. The van der Waals surface area contributed by atoms with Gasteiger partial charge in [-0.3, -0.25) is 9.59 Å². The van der Waals surface area contributed by atoms with Crippen molar-refractivity contribution in [3.63, 3.8) is 0 Å². The molecule has 0 aromatic heterocycles. The lowest BCUT2D eigenvalue weighted by atomic mass is 9.91. The first-order valence-corrected chi connectivity index (χ1v) is 10.4. The molecule has 0 spiro atoms. The molecule has 5 nitrogen and oxygen atoms in total. The van der Waals surface area contributed by atoms with E-state index in [2.05, 4.69) is 21.2 Å². The lowest BCUT2D eigenvalue weighted by Crippen LogP contribution is -2.27. The highest BCUT2D eigenvalue weighted by Gasteiger charge is 2.31. The first kappa shape index (κ1) is 24.5. The zero-order chi connectivity index (χ0) is 22.4. The summed E-state index contributed by atoms with van der Waals surface area (Å²) in [7, 11) is 0. The van der Waals surface area contributed by atoms with E-state index >= 15 is 0 Å². The molecule has 0 bridgehead atoms. The summed E-state index contributed by atoms with van der Waals surface area (Å²) in [6.07, 6.45) is -2.00. The Morgan fingerprint density at radius 1 is 1.20 bits per heavy atom. The molecule has 1 amide bonds. The van der Waals surface area contributed by atoms with Gasteiger partial charge in [0, 0.05) is 22.5 Å². The molecule has 2 aromatic rings. The number of halogens is 5. The maximum atomic E-state index is 14.1. The fourth-order valence-electron chi connectivity index (χ4n) is 2.76. The summed E-state index contributed by atoms with van der Waals surface area (Å²) in [4.78, 5) is 24.7. The Balaban J connectivity index is 2.15. The van der Waals surface area contributed by atoms with E-state index in [1.54, 1.807) is 19.1 Å². The van der Waals surface area contributed by atoms with E-state index in [1.165, 1.54) is 0 Å². The molecule has 10 heteroatoms. The van der Waals surface area contributed by atoms with Gasteiger partial charge in [-0.2, -0.15) is 0 Å². The van der Waals surface area contributed by atoms with Gasteiger partial charge in [-0.25, -0.2) is 8.78 Å². The van der Waals surface area contributed by atoms with Crippen LogP contribution in [0.4, 0.5) is 14.5 Å². The van der Waals surface area contributed by atoms with Gasteiger partial charge in [-0.15, -0.1) is 0 Å². The Morgan fingerprint density at radius 2 is 1.83 bits per heavy atom. The van der Waals surface area contributed by atoms with Gasteiger partial charge in [0.25, 0.3) is 0 Å². The average Bonchev–Trinajstić information content (AvgIpc) is 2.64. The number of ether oxygens (including phenoxy) is 1. The topological polar surface area (TPSA) is 75.6 Å². The van der Waals surface area contributed by atoms with E-state index in [9.17, 15) is 23.5 Å². The molecule has 0 fully saturated rings. The van der Waals surface area contributed by atoms with Crippen LogP contribution in [0.25, 0.3) is 0 Å². The number of carbonyl (C=O) groups is 2. The highest BCUT2D eigenvalue weighted by molar-refractivity contribution is 9.10. The van der Waals surface area contributed by atoms with Crippen molar-refractivity contribution in [2.45, 2.75) is 25.9 Å². The van der Waals surface area contributed by atoms with Crippen molar-refractivity contribution in [1.82, 2.24) is 0 Å². The van der Waals surface area contributed by atoms with Gasteiger partial charge < -0.3 is 15.2 Å². The van der Waals surface area contributed by atoms with Crippen LogP contribution in [-0.2, 0) is 14.3 Å². The predicted octanol–water partition coefficient (Wildman–Crippen LogP) is 5.67. The van der Waals surface area contributed by atoms with Gasteiger partial charge in [-0.05, 0) is 31.5 Å². The molecule has 0 saturated heterocycles. The minimum atomic E-state index is -1.63. The zero-order valence-corrected chi connectivity index (χ0v) is 18.8. The average molecular weight is 525 g/mol. The number of aliphatic hydroxyl groups excluding tert-OH is 1. The Labute approximate surface area is 190 Å². The maximum Gasteiger partial charge on any atom is 0.311 e. The number of benzene rings is 2. The van der Waals surface area contributed by atoms with E-state index < -0.39 is 35.5 Å². The Kier molecular flexibility index (Phi) is 9.03. The third-order valence-corrected chi connectivity index (χ3v) is 5.26. The Bertz CT molecular complexity index is 922. The summed E-state index contributed by atoms with van der Waals surface area (Å²) in [5.74, 6) is -4.40. The largest absolute Gasteiger partial charge is 0.466 e. The van der Waals surface area contributed by atoms with Crippen molar-refractivity contribution in [2.75, 3.05) is 11.9 Å². The Morgan fingerprint density at radius 3 is 2.40 bits per heavy atom. The molecule has 2 atom stereocenters. The smallest absolute Gasteiger partial charge is 0.311 e. The van der Waals surface area contributed by atoms with Crippen molar-refractivity contribution < 1.29 is 28.2 Å². The number of hydrogen-bond donors (Lipinski definition) is 2. The number of carbonyl (C=O) groups excluding carboxylic acids is 2. The van der Waals surface area contributed by atoms with Crippen LogP contribution >= 0.6 is 39.1 Å². The van der Waals surface area contributed by atoms with Gasteiger partial charge in [0.1, 0.15) is 11.6 Å². The minimum Gasteiger partial charge on any atom is -0.466 e. The van der Waals surface area contributed by atoms with Crippen molar-refractivity contribution >= 4 is 56.7 Å². The van der Waals surface area contributed by atoms with E-state index in [0.29, 0.717) is 10.5 Å². The van der Waals surface area contributed by atoms with Crippen LogP contribution in [0, 0.1) is 17.6 Å². The second-order valence-corrected chi connectivity index (χ2v) is 8.03. The summed E-state index contributed by atoms with van der Waals surface area (Å²) in [5.41, 5.74) is -0.0711. The van der Waals surface area contributed by atoms with Gasteiger partial charge >= 0.3 is 5.97 Å². The molecule has 0 radical (unpaired) electrons. The number of nitrogens with one attached hydrogen (secondary N) is 1. The van der Waals surface area contributed by atoms with Crippen LogP contribution < -0.4 is 5.32 Å². The molecule has 0 aliphatic rings. The number of amides is 1. The van der Waals surface area contributed by atoms with E-state index in [1.807, 2.05) is 0 Å². The fourth-order valence-corrected chi connectivity index (χ4v) is 4.07. The number of hydrogen-bond acceptors (Lipinski definition) is 4. The second kappa shape index (κ2) is 11.0. The zero-order valence-electron chi connectivity index (χ0n) is 15.7. The SMILES string of the molecule is CCOC(=O)C(CCC(=O)Nc1c(Cl)cc(Br)cc1Cl)C(O)c1ccc(F)cc1F. The van der Waals surface area contributed by atoms with Crippen LogP contribution in [0.5, 0.6) is 0 Å². The third kappa shape index (κ3) is 6.38. The Hall–Kier alpha value is -1.74. The molecule has 2 unspecified atom stereocenters. The van der Waals surface area contributed by atoms with E-state index in [0.717, 1.165) is 12.1 Å². The van der Waals surface area contributed by atoms with Gasteiger partial charge in [0.2, 0.25) is 5.91 Å². The number of esters is 1. The monoisotopic (exact) mass is 523 g/mol. The van der Waals surface area contributed by atoms with Crippen LogP contribution in [-0.4, -0.2) is 23.6 Å². The standard InChI is InChI=1S/C20H18BrCl2F2NO4/c1-2-30-20(29)13(19(28)12-4-3-11(24)9-16(12)25)5-6-17(27)26-18-14(22)7-10(21)8-15(18)23/h3-4,7-9,13,19,28H,2,5-6H2,1H3,(H,26,27). The summed E-state index contributed by atoms with van der Waals surface area (Å²) >= 11 is 15.4. The van der Waals surface area contributed by atoms with Crippen molar-refractivity contribution in [3.8, 4) is 0 Å². The molecule has 2 rings (SSSR count). The molecular formula is C20H18BrCl2F2NO4. The maximum absolute atomic E-state index is 14.1. The summed E-state index contributed by atoms with van der Waals surface area (Å²) in [6.45, 7) is 1.61. The molecular weight excluding hydrogens is 507 g/mol. The molecule has 2 N–H and O–H groups in total. The number of anilines is 1. The second-order valence-electron chi connectivity index (χ2n) is 6.30. The molecule has 30 heavy (non-hydrogen) atoms. The van der Waals surface area contributed by atoms with Crippen LogP contribution in [0.3, 0.4) is 0 Å². The van der Waals surface area contributed by atoms with Crippen LogP contribution in [0.2, 0.25) is 10.0 Å². The van der Waals surface area contributed by atoms with Crippen molar-refractivity contribution in [2.24, 2.45) is 5.92 Å². The van der Waals surface area contributed by atoms with Crippen LogP contribution in [0.15, 0.2) is 34.8 Å². The van der Waals surface area contributed by atoms with Gasteiger partial charge in [0.05, 0.1) is 34.4 Å². The molecule has 0 saturated carbocycles. The quantitative estimate of drug-likeness (QED) is 0.436. The number of rotatable bonds is 8. The lowest BCUT2D eigenvalue weighted by Gasteiger charge is -2.22. The van der Waals surface area contributed by atoms with E-state index in [-0.39, 0.29) is 40.7 Å². The molecule has 0 aliphatic heterocycles. The normalized spacial score (nSPS) is 12.9. The summed E-state index contributed by atoms with van der Waals surface area (Å²) in [5, 5.41) is 13.5. The van der Waals surface area contributed by atoms with Gasteiger partial charge in [-0.1, -0.05) is 45.2 Å². The van der Waals surface area contributed by atoms with E-state index in [4.69, 9.17) is 27.9 Å². The first-order valence-electron chi connectivity index (χ1n) is 8.88. The molecule has 2 aromatic carbocycles. The highest BCUT2D eigenvalue weighted by Crippen LogP contribution is 2.34. The minimum absolute atomic E-state index is 0.0320.